The molecule has 7 heteroatoms. The van der Waals surface area contributed by atoms with Gasteiger partial charge in [-0.25, -0.2) is 14.6 Å². The zero-order valence-corrected chi connectivity index (χ0v) is 10.9. The minimum absolute atomic E-state index is 0.00245. The van der Waals surface area contributed by atoms with Crippen molar-refractivity contribution in [1.29, 1.82) is 0 Å². The van der Waals surface area contributed by atoms with E-state index in [9.17, 15) is 0 Å². The van der Waals surface area contributed by atoms with Crippen molar-refractivity contribution in [2.45, 2.75) is 12.5 Å². The lowest BCUT2D eigenvalue weighted by Gasteiger charge is -2.39. The highest BCUT2D eigenvalue weighted by atomic mass is 127. The Bertz CT molecular complexity index is 558. The lowest BCUT2D eigenvalue weighted by molar-refractivity contribution is 0.185. The molecular weight excluding hydrogens is 319 g/mol. The molecule has 2 aromatic heterocycles. The normalized spacial score (nSPS) is 18.6. The summed E-state index contributed by atoms with van der Waals surface area (Å²) in [4.78, 5) is 8.29. The van der Waals surface area contributed by atoms with Gasteiger partial charge in [-0.1, -0.05) is 0 Å². The molecule has 1 aliphatic rings. The topological polar surface area (TPSA) is 81.7 Å². The molecule has 0 radical (unpaired) electrons. The number of nitrogens with one attached hydrogen (secondary N) is 1. The molecule has 0 unspecified atom stereocenters. The summed E-state index contributed by atoms with van der Waals surface area (Å²) in [7, 11) is 0. The van der Waals surface area contributed by atoms with Gasteiger partial charge in [-0.05, 0) is 29.5 Å². The van der Waals surface area contributed by atoms with Gasteiger partial charge in [0.2, 0.25) is 0 Å². The van der Waals surface area contributed by atoms with Crippen LogP contribution in [0.4, 0.5) is 5.82 Å². The van der Waals surface area contributed by atoms with Crippen LogP contribution >= 0.6 is 22.6 Å². The number of nitrogen functional groups attached to an aromatic ring is 1. The van der Waals surface area contributed by atoms with E-state index >= 15 is 0 Å². The van der Waals surface area contributed by atoms with Gasteiger partial charge in [0.05, 0.1) is 10.9 Å². The van der Waals surface area contributed by atoms with Crippen molar-refractivity contribution in [2.75, 3.05) is 18.8 Å². The lowest BCUT2D eigenvalue weighted by Crippen LogP contribution is -2.59. The molecule has 0 amide bonds. The van der Waals surface area contributed by atoms with Crippen LogP contribution in [0.5, 0.6) is 0 Å². The van der Waals surface area contributed by atoms with Crippen LogP contribution < -0.4 is 11.1 Å². The number of rotatable bonds is 1. The number of aromatic nitrogens is 4. The molecule has 1 fully saturated rings. The first-order valence-corrected chi connectivity index (χ1v) is 6.06. The average Bonchev–Trinajstić information content (AvgIpc) is 2.54. The van der Waals surface area contributed by atoms with Crippen molar-refractivity contribution in [1.82, 2.24) is 25.1 Å². The minimum atomic E-state index is 0.00245. The summed E-state index contributed by atoms with van der Waals surface area (Å²) in [5.74, 6) is 0.497. The van der Waals surface area contributed by atoms with Gasteiger partial charge in [-0.3, -0.25) is 0 Å². The third kappa shape index (κ3) is 1.24. The standard InChI is InChI=1S/C9H11IN6/c1-9(2-12-3-9)16-8-5(6(10)15-16)7(11)13-4-14-8/h4,12H,2-3H2,1H3,(H2,11,13,14). The smallest absolute Gasteiger partial charge is 0.165 e. The molecule has 16 heavy (non-hydrogen) atoms. The fourth-order valence-corrected chi connectivity index (χ4v) is 2.68. The third-order valence-corrected chi connectivity index (χ3v) is 3.73. The van der Waals surface area contributed by atoms with Crippen LogP contribution in [0.1, 0.15) is 6.92 Å². The van der Waals surface area contributed by atoms with Crippen LogP contribution in [0.3, 0.4) is 0 Å². The summed E-state index contributed by atoms with van der Waals surface area (Å²) in [6.07, 6.45) is 1.49. The molecule has 0 atom stereocenters. The van der Waals surface area contributed by atoms with Crippen molar-refractivity contribution in [3.05, 3.63) is 10.0 Å². The van der Waals surface area contributed by atoms with Gasteiger partial charge in [0.25, 0.3) is 0 Å². The van der Waals surface area contributed by atoms with E-state index in [2.05, 4.69) is 49.9 Å². The Labute approximate surface area is 106 Å². The number of nitrogens with zero attached hydrogens (tertiary/aromatic N) is 4. The van der Waals surface area contributed by atoms with Gasteiger partial charge in [0.15, 0.2) is 5.65 Å². The maximum atomic E-state index is 5.85. The Balaban J connectivity index is 2.31. The predicted molar refractivity (Wildman–Crippen MR) is 69.0 cm³/mol. The van der Waals surface area contributed by atoms with Crippen molar-refractivity contribution in [3.63, 3.8) is 0 Å². The predicted octanol–water partition coefficient (Wildman–Crippen LogP) is 0.331. The molecule has 0 bridgehead atoms. The average molecular weight is 330 g/mol. The summed E-state index contributed by atoms with van der Waals surface area (Å²) in [5, 5.41) is 8.63. The van der Waals surface area contributed by atoms with E-state index in [1.54, 1.807) is 0 Å². The maximum Gasteiger partial charge on any atom is 0.165 e. The first-order chi connectivity index (χ1) is 7.62. The van der Waals surface area contributed by atoms with Crippen molar-refractivity contribution in [2.24, 2.45) is 0 Å². The summed E-state index contributed by atoms with van der Waals surface area (Å²) in [6.45, 7) is 3.97. The Morgan fingerprint density at radius 2 is 2.25 bits per heavy atom. The van der Waals surface area contributed by atoms with Gasteiger partial charge in [0.1, 0.15) is 15.8 Å². The Morgan fingerprint density at radius 3 is 2.88 bits per heavy atom. The molecule has 84 valence electrons. The van der Waals surface area contributed by atoms with Crippen LogP contribution in [0.25, 0.3) is 11.0 Å². The third-order valence-electron chi connectivity index (χ3n) is 2.97. The van der Waals surface area contributed by atoms with E-state index < -0.39 is 0 Å². The van der Waals surface area contributed by atoms with E-state index in [1.807, 2.05) is 4.68 Å². The fourth-order valence-electron chi connectivity index (χ4n) is 1.95. The van der Waals surface area contributed by atoms with Gasteiger partial charge in [-0.2, -0.15) is 5.10 Å². The lowest BCUT2D eigenvalue weighted by atomic mass is 9.96. The Hall–Kier alpha value is -0.960. The molecule has 1 saturated heterocycles. The molecule has 0 spiro atoms. The summed E-state index contributed by atoms with van der Waals surface area (Å²) >= 11 is 2.17. The number of hydrogen-bond acceptors (Lipinski definition) is 5. The van der Waals surface area contributed by atoms with Crippen LogP contribution in [0.15, 0.2) is 6.33 Å². The zero-order chi connectivity index (χ0) is 11.3. The van der Waals surface area contributed by atoms with Crippen molar-refractivity contribution >= 4 is 39.4 Å². The van der Waals surface area contributed by atoms with E-state index in [0.717, 1.165) is 27.8 Å². The number of fused-ring (bicyclic) bond motifs is 1. The van der Waals surface area contributed by atoms with Gasteiger partial charge < -0.3 is 11.1 Å². The summed E-state index contributed by atoms with van der Waals surface area (Å²) < 4.78 is 2.82. The van der Waals surface area contributed by atoms with E-state index in [1.165, 1.54) is 6.33 Å². The number of halogens is 1. The largest absolute Gasteiger partial charge is 0.383 e. The molecule has 2 aromatic rings. The monoisotopic (exact) mass is 330 g/mol. The van der Waals surface area contributed by atoms with E-state index in [0.29, 0.717) is 5.82 Å². The van der Waals surface area contributed by atoms with Gasteiger partial charge >= 0.3 is 0 Å². The van der Waals surface area contributed by atoms with Crippen molar-refractivity contribution in [3.8, 4) is 0 Å². The molecule has 6 nitrogen and oxygen atoms in total. The molecule has 3 heterocycles. The fraction of sp³-hybridized carbons (Fsp3) is 0.444. The van der Waals surface area contributed by atoms with Crippen LogP contribution in [0.2, 0.25) is 0 Å². The second-order valence-corrected chi connectivity index (χ2v) is 5.28. The molecule has 1 aliphatic heterocycles. The Morgan fingerprint density at radius 1 is 1.50 bits per heavy atom. The molecule has 0 aliphatic carbocycles. The number of hydrogen-bond donors (Lipinski definition) is 2. The summed E-state index contributed by atoms with van der Waals surface area (Å²) in [6, 6.07) is 0. The van der Waals surface area contributed by atoms with Gasteiger partial charge in [-0.15, -0.1) is 0 Å². The van der Waals surface area contributed by atoms with Gasteiger partial charge in [0, 0.05) is 13.1 Å². The van der Waals surface area contributed by atoms with Crippen LogP contribution in [-0.2, 0) is 5.54 Å². The minimum Gasteiger partial charge on any atom is -0.383 e. The van der Waals surface area contributed by atoms with Crippen LogP contribution in [-0.4, -0.2) is 32.8 Å². The highest BCUT2D eigenvalue weighted by molar-refractivity contribution is 14.1. The quantitative estimate of drug-likeness (QED) is 0.737. The second kappa shape index (κ2) is 3.27. The number of nitrogens with two attached hydrogens (primary N) is 1. The molecular formula is C9H11IN6. The van der Waals surface area contributed by atoms with E-state index in [-0.39, 0.29) is 5.54 Å². The Kier molecular flexibility index (Phi) is 2.08. The highest BCUT2D eigenvalue weighted by Crippen LogP contribution is 2.29. The number of anilines is 1. The molecule has 0 saturated carbocycles. The highest BCUT2D eigenvalue weighted by Gasteiger charge is 2.36. The van der Waals surface area contributed by atoms with Crippen molar-refractivity contribution < 1.29 is 0 Å². The maximum absolute atomic E-state index is 5.85. The molecule has 0 aromatic carbocycles. The first kappa shape index (κ1) is 10.2. The van der Waals surface area contributed by atoms with Crippen LogP contribution in [0, 0.1) is 3.70 Å². The SMILES string of the molecule is CC1(n2nc(I)c3c(N)ncnc32)CNC1. The first-order valence-electron chi connectivity index (χ1n) is 4.98. The summed E-state index contributed by atoms with van der Waals surface area (Å²) in [5.41, 5.74) is 6.67. The molecule has 3 N–H and O–H groups in total. The second-order valence-electron chi connectivity index (χ2n) is 4.26. The zero-order valence-electron chi connectivity index (χ0n) is 8.74. The van der Waals surface area contributed by atoms with E-state index in [4.69, 9.17) is 5.73 Å². The molecule has 3 rings (SSSR count).